The number of fused-ring (bicyclic) bond motifs is 1. The first kappa shape index (κ1) is 5.16. The molecule has 0 radical (unpaired) electrons. The van der Waals surface area contributed by atoms with Crippen molar-refractivity contribution in [1.82, 2.24) is 4.98 Å². The smallest absolute Gasteiger partial charge is 0.295 e. The van der Waals surface area contributed by atoms with E-state index in [1.165, 1.54) is 6.07 Å². The van der Waals surface area contributed by atoms with Gasteiger partial charge in [-0.1, -0.05) is 0 Å². The van der Waals surface area contributed by atoms with Crippen LogP contribution in [0.3, 0.4) is 0 Å². The van der Waals surface area contributed by atoms with Gasteiger partial charge in [-0.25, -0.2) is 0 Å². The van der Waals surface area contributed by atoms with Crippen molar-refractivity contribution in [3.63, 3.8) is 0 Å². The average Bonchev–Trinajstić information content (AvgIpc) is 2.21. The fourth-order valence-electron chi connectivity index (χ4n) is 0.769. The molecule has 0 aliphatic rings. The van der Waals surface area contributed by atoms with Crippen LogP contribution in [0.1, 0.15) is 0 Å². The monoisotopic (exact) mass is 139 g/mol. The van der Waals surface area contributed by atoms with Gasteiger partial charge in [0.25, 0.3) is 11.7 Å². The normalized spacial score (nSPS) is 10.8. The second-order valence-corrected chi connectivity index (χ2v) is 1.87. The van der Waals surface area contributed by atoms with Crippen LogP contribution in [0.15, 0.2) is 14.9 Å². The first-order chi connectivity index (χ1) is 4.75. The molecule has 10 heavy (non-hydrogen) atoms. The van der Waals surface area contributed by atoms with Gasteiger partial charge >= 0.3 is 0 Å². The fraction of sp³-hybridized carbons (Fsp3) is 0. The van der Waals surface area contributed by atoms with Gasteiger partial charge in [-0.15, -0.1) is 0 Å². The Morgan fingerprint density at radius 2 is 2.10 bits per heavy atom. The highest BCUT2D eigenvalue weighted by Crippen LogP contribution is 2.21. The van der Waals surface area contributed by atoms with Crippen LogP contribution in [-0.4, -0.2) is 4.98 Å². The number of anilines is 2. The number of aromatic nitrogens is 1. The minimum atomic E-state index is 0.0914. The summed E-state index contributed by atoms with van der Waals surface area (Å²) in [4.78, 5) is 3.70. The molecular formula is C5H5N3O2. The minimum absolute atomic E-state index is 0.0914. The van der Waals surface area contributed by atoms with Crippen LogP contribution in [0.4, 0.5) is 11.9 Å². The van der Waals surface area contributed by atoms with Crippen molar-refractivity contribution < 1.29 is 8.83 Å². The molecule has 0 fully saturated rings. The van der Waals surface area contributed by atoms with Gasteiger partial charge in [-0.2, -0.15) is 4.98 Å². The molecule has 52 valence electrons. The van der Waals surface area contributed by atoms with Gasteiger partial charge < -0.3 is 20.3 Å². The average molecular weight is 139 g/mol. The highest BCUT2D eigenvalue weighted by Gasteiger charge is 2.06. The highest BCUT2D eigenvalue weighted by atomic mass is 16.4. The molecule has 0 saturated heterocycles. The molecular weight excluding hydrogens is 134 g/mol. The van der Waals surface area contributed by atoms with Crippen LogP contribution in [0.5, 0.6) is 0 Å². The lowest BCUT2D eigenvalue weighted by Gasteiger charge is -1.76. The number of nitrogen functional groups attached to an aromatic ring is 2. The SMILES string of the molecule is Nc1cc2oc(N)nc2o1. The number of furan rings is 1. The zero-order chi connectivity index (χ0) is 7.14. The summed E-state index contributed by atoms with van der Waals surface area (Å²) in [6, 6.07) is 1.62. The largest absolute Gasteiger partial charge is 0.420 e. The van der Waals surface area contributed by atoms with Crippen LogP contribution in [0, 0.1) is 0 Å². The predicted molar refractivity (Wildman–Crippen MR) is 35.1 cm³/mol. The third kappa shape index (κ3) is 0.540. The van der Waals surface area contributed by atoms with Crippen LogP contribution in [0.2, 0.25) is 0 Å². The second-order valence-electron chi connectivity index (χ2n) is 1.87. The van der Waals surface area contributed by atoms with Gasteiger partial charge in [0, 0.05) is 6.07 Å². The molecule has 0 spiro atoms. The molecule has 0 amide bonds. The van der Waals surface area contributed by atoms with Crippen molar-refractivity contribution in [1.29, 1.82) is 0 Å². The maximum Gasteiger partial charge on any atom is 0.295 e. The Bertz CT molecular complexity index is 299. The van der Waals surface area contributed by atoms with E-state index in [4.69, 9.17) is 20.3 Å². The summed E-state index contributed by atoms with van der Waals surface area (Å²) in [7, 11) is 0. The molecule has 2 aromatic rings. The molecule has 0 aliphatic heterocycles. The van der Waals surface area contributed by atoms with Crippen molar-refractivity contribution in [3.8, 4) is 0 Å². The summed E-state index contributed by atoms with van der Waals surface area (Å²) >= 11 is 0. The summed E-state index contributed by atoms with van der Waals surface area (Å²) in [6.45, 7) is 0. The molecule has 0 aromatic carbocycles. The molecule has 0 unspecified atom stereocenters. The maximum absolute atomic E-state index is 5.28. The molecule has 5 heteroatoms. The van der Waals surface area contributed by atoms with E-state index in [-0.39, 0.29) is 11.9 Å². The standard InChI is InChI=1S/C5H5N3O2/c6-3-1-2-4(10-3)8-5(7)9-2/h1H,6H2,(H2,7,8). The van der Waals surface area contributed by atoms with E-state index in [1.807, 2.05) is 0 Å². The molecule has 0 aliphatic carbocycles. The Balaban J connectivity index is 2.83. The number of nitrogens with two attached hydrogens (primary N) is 2. The summed E-state index contributed by atoms with van der Waals surface area (Å²) < 4.78 is 9.76. The van der Waals surface area contributed by atoms with Crippen molar-refractivity contribution in [2.45, 2.75) is 0 Å². The molecule has 0 saturated carbocycles. The van der Waals surface area contributed by atoms with Gasteiger partial charge in [-0.3, -0.25) is 0 Å². The van der Waals surface area contributed by atoms with E-state index in [0.29, 0.717) is 11.3 Å². The van der Waals surface area contributed by atoms with Gasteiger partial charge in [0.1, 0.15) is 0 Å². The first-order valence-corrected chi connectivity index (χ1v) is 2.67. The first-order valence-electron chi connectivity index (χ1n) is 2.67. The Kier molecular flexibility index (Phi) is 0.743. The molecule has 4 N–H and O–H groups in total. The number of hydrogen-bond acceptors (Lipinski definition) is 5. The van der Waals surface area contributed by atoms with Crippen molar-refractivity contribution in [2.24, 2.45) is 0 Å². The quantitative estimate of drug-likeness (QED) is 0.557. The van der Waals surface area contributed by atoms with Gasteiger partial charge in [0.05, 0.1) is 0 Å². The molecule has 5 nitrogen and oxygen atoms in total. The number of hydrogen-bond donors (Lipinski definition) is 2. The zero-order valence-electron chi connectivity index (χ0n) is 5.00. The molecule has 2 heterocycles. The van der Waals surface area contributed by atoms with E-state index in [1.54, 1.807) is 0 Å². The third-order valence-corrected chi connectivity index (χ3v) is 1.12. The summed E-state index contributed by atoms with van der Waals surface area (Å²) in [5.41, 5.74) is 11.3. The second kappa shape index (κ2) is 1.44. The van der Waals surface area contributed by atoms with Gasteiger partial charge in [0.15, 0.2) is 11.5 Å². The summed E-state index contributed by atoms with van der Waals surface area (Å²) in [6.07, 6.45) is 0. The highest BCUT2D eigenvalue weighted by molar-refractivity contribution is 5.71. The van der Waals surface area contributed by atoms with Crippen molar-refractivity contribution >= 4 is 23.2 Å². The Labute approximate surface area is 55.6 Å². The van der Waals surface area contributed by atoms with E-state index in [0.717, 1.165) is 0 Å². The molecule has 0 atom stereocenters. The van der Waals surface area contributed by atoms with E-state index >= 15 is 0 Å². The molecule has 2 rings (SSSR count). The Morgan fingerprint density at radius 1 is 1.30 bits per heavy atom. The van der Waals surface area contributed by atoms with Gasteiger partial charge in [-0.05, 0) is 0 Å². The van der Waals surface area contributed by atoms with Crippen LogP contribution >= 0.6 is 0 Å². The molecule has 2 aromatic heterocycles. The fourth-order valence-corrected chi connectivity index (χ4v) is 0.769. The van der Waals surface area contributed by atoms with Gasteiger partial charge in [0.2, 0.25) is 0 Å². The topological polar surface area (TPSA) is 91.2 Å². The Morgan fingerprint density at radius 3 is 2.80 bits per heavy atom. The van der Waals surface area contributed by atoms with Crippen LogP contribution < -0.4 is 11.5 Å². The van der Waals surface area contributed by atoms with Crippen molar-refractivity contribution in [3.05, 3.63) is 6.07 Å². The predicted octanol–water partition coefficient (Wildman–Crippen LogP) is 0.585. The number of oxazole rings is 1. The summed E-state index contributed by atoms with van der Waals surface area (Å²) in [5.74, 6) is 0.279. The van der Waals surface area contributed by atoms with E-state index in [2.05, 4.69) is 4.98 Å². The van der Waals surface area contributed by atoms with E-state index < -0.39 is 0 Å². The van der Waals surface area contributed by atoms with Crippen molar-refractivity contribution in [2.75, 3.05) is 11.5 Å². The lowest BCUT2D eigenvalue weighted by atomic mass is 10.6. The summed E-state index contributed by atoms with van der Waals surface area (Å²) in [5, 5.41) is 0. The lowest BCUT2D eigenvalue weighted by Crippen LogP contribution is -1.81. The lowest BCUT2D eigenvalue weighted by molar-refractivity contribution is 0.625. The third-order valence-electron chi connectivity index (χ3n) is 1.12. The maximum atomic E-state index is 5.28. The number of nitrogens with zero attached hydrogens (tertiary/aromatic N) is 1. The van der Waals surface area contributed by atoms with E-state index in [9.17, 15) is 0 Å². The zero-order valence-corrected chi connectivity index (χ0v) is 5.00. The molecule has 0 bridgehead atoms. The Hall–Kier alpha value is -1.65. The van der Waals surface area contributed by atoms with Crippen LogP contribution in [0.25, 0.3) is 11.3 Å². The van der Waals surface area contributed by atoms with Crippen LogP contribution in [-0.2, 0) is 0 Å². The number of rotatable bonds is 0. The minimum Gasteiger partial charge on any atom is -0.420 e.